The minimum Gasteiger partial charge on any atom is -0.350 e. The van der Waals surface area contributed by atoms with E-state index < -0.39 is 5.54 Å². The number of nitrogens with one attached hydrogen (secondary N) is 1. The second-order valence-corrected chi connectivity index (χ2v) is 10.1. The molecule has 8 nitrogen and oxygen atoms in total. The molecule has 186 valence electrons. The molecule has 2 aliphatic rings. The molecule has 1 N–H and O–H groups in total. The van der Waals surface area contributed by atoms with E-state index in [1.165, 1.54) is 6.33 Å². The molecule has 5 rings (SSSR count). The Kier molecular flexibility index (Phi) is 6.12. The molecule has 1 fully saturated rings. The van der Waals surface area contributed by atoms with Gasteiger partial charge in [0.25, 0.3) is 11.8 Å². The third kappa shape index (κ3) is 4.39. The van der Waals surface area contributed by atoms with Gasteiger partial charge in [-0.15, -0.1) is 0 Å². The maximum absolute atomic E-state index is 13.8. The lowest BCUT2D eigenvalue weighted by Crippen LogP contribution is -2.64. The van der Waals surface area contributed by atoms with Crippen molar-refractivity contribution < 1.29 is 14.4 Å². The van der Waals surface area contributed by atoms with E-state index in [0.29, 0.717) is 13.1 Å². The van der Waals surface area contributed by atoms with Crippen molar-refractivity contribution in [3.63, 3.8) is 0 Å². The van der Waals surface area contributed by atoms with Crippen LogP contribution in [0.25, 0.3) is 0 Å². The first-order valence-electron chi connectivity index (χ1n) is 12.3. The molecule has 2 aromatic carbocycles. The van der Waals surface area contributed by atoms with Crippen LogP contribution in [-0.4, -0.2) is 55.7 Å². The summed E-state index contributed by atoms with van der Waals surface area (Å²) >= 11 is 0. The molecule has 8 heteroatoms. The van der Waals surface area contributed by atoms with Crippen molar-refractivity contribution in [2.45, 2.75) is 57.9 Å². The van der Waals surface area contributed by atoms with Crippen LogP contribution >= 0.6 is 0 Å². The molecule has 1 saturated carbocycles. The molecule has 0 spiro atoms. The van der Waals surface area contributed by atoms with Gasteiger partial charge < -0.3 is 19.7 Å². The van der Waals surface area contributed by atoms with Gasteiger partial charge >= 0.3 is 0 Å². The van der Waals surface area contributed by atoms with Crippen molar-refractivity contribution in [3.05, 3.63) is 89.0 Å². The summed E-state index contributed by atoms with van der Waals surface area (Å²) in [5.41, 5.74) is 2.46. The Labute approximate surface area is 210 Å². The largest absolute Gasteiger partial charge is 0.350 e. The van der Waals surface area contributed by atoms with Gasteiger partial charge in [-0.25, -0.2) is 4.98 Å². The number of amides is 3. The number of aryl methyl sites for hydroxylation is 1. The summed E-state index contributed by atoms with van der Waals surface area (Å²) in [6.07, 6.45) is 3.20. The van der Waals surface area contributed by atoms with Gasteiger partial charge in [0.15, 0.2) is 5.69 Å². The lowest BCUT2D eigenvalue weighted by atomic mass is 9.93. The van der Waals surface area contributed by atoms with Crippen LogP contribution in [0, 0.1) is 6.92 Å². The average Bonchev–Trinajstić information content (AvgIpc) is 3.61. The quantitative estimate of drug-likeness (QED) is 0.557. The number of aromatic nitrogens is 2. The first-order valence-corrected chi connectivity index (χ1v) is 12.3. The predicted octanol–water partition coefficient (Wildman–Crippen LogP) is 3.16. The molecule has 1 unspecified atom stereocenters. The zero-order chi connectivity index (χ0) is 25.4. The third-order valence-electron chi connectivity index (χ3n) is 7.06. The fraction of sp³-hybridized carbons (Fsp3) is 0.357. The van der Waals surface area contributed by atoms with E-state index in [-0.39, 0.29) is 41.7 Å². The summed E-state index contributed by atoms with van der Waals surface area (Å²) in [6.45, 7) is 4.86. The van der Waals surface area contributed by atoms with E-state index in [1.807, 2.05) is 61.5 Å². The van der Waals surface area contributed by atoms with Crippen LogP contribution < -0.4 is 5.32 Å². The molecule has 1 atom stereocenters. The number of carbonyl (C=O) groups is 3. The van der Waals surface area contributed by atoms with Crippen molar-refractivity contribution in [1.82, 2.24) is 24.7 Å². The van der Waals surface area contributed by atoms with E-state index in [4.69, 9.17) is 0 Å². The van der Waals surface area contributed by atoms with Crippen LogP contribution in [0.15, 0.2) is 60.9 Å². The molecule has 1 aromatic heterocycles. The summed E-state index contributed by atoms with van der Waals surface area (Å²) in [5.74, 6) is -0.841. The molecule has 36 heavy (non-hydrogen) atoms. The van der Waals surface area contributed by atoms with Crippen molar-refractivity contribution in [3.8, 4) is 0 Å². The van der Waals surface area contributed by atoms with Crippen molar-refractivity contribution in [1.29, 1.82) is 0 Å². The summed E-state index contributed by atoms with van der Waals surface area (Å²) < 4.78 is 1.66. The number of nitrogens with zero attached hydrogens (tertiary/aromatic N) is 4. The normalized spacial score (nSPS) is 19.1. The number of carbonyl (C=O) groups excluding carboxylic acids is 3. The van der Waals surface area contributed by atoms with E-state index in [9.17, 15) is 14.4 Å². The van der Waals surface area contributed by atoms with Crippen LogP contribution in [0.4, 0.5) is 0 Å². The number of rotatable bonds is 7. The molecular weight excluding hydrogens is 454 g/mol. The highest BCUT2D eigenvalue weighted by atomic mass is 16.2. The smallest absolute Gasteiger partial charge is 0.274 e. The maximum Gasteiger partial charge on any atom is 0.274 e. The van der Waals surface area contributed by atoms with Crippen LogP contribution in [-0.2, 0) is 24.4 Å². The fourth-order valence-corrected chi connectivity index (χ4v) is 4.90. The highest BCUT2D eigenvalue weighted by molar-refractivity contribution is 6.07. The second kappa shape index (κ2) is 9.26. The molecular formula is C28H31N5O3. The Morgan fingerprint density at radius 3 is 2.44 bits per heavy atom. The number of imidazole rings is 1. The Hall–Kier alpha value is -3.94. The van der Waals surface area contributed by atoms with Crippen LogP contribution in [0.2, 0.25) is 0 Å². The van der Waals surface area contributed by atoms with E-state index in [1.54, 1.807) is 28.3 Å². The van der Waals surface area contributed by atoms with Crippen LogP contribution in [0.3, 0.4) is 0 Å². The lowest BCUT2D eigenvalue weighted by Gasteiger charge is -2.44. The molecule has 1 aliphatic heterocycles. The molecule has 0 saturated heterocycles. The third-order valence-corrected chi connectivity index (χ3v) is 7.06. The number of fused-ring (bicyclic) bond motifs is 1. The first kappa shape index (κ1) is 23.8. The van der Waals surface area contributed by atoms with Gasteiger partial charge in [-0.3, -0.25) is 14.4 Å². The highest BCUT2D eigenvalue weighted by Gasteiger charge is 2.53. The van der Waals surface area contributed by atoms with Crippen molar-refractivity contribution >= 4 is 17.7 Å². The monoisotopic (exact) mass is 485 g/mol. The predicted molar refractivity (Wildman–Crippen MR) is 135 cm³/mol. The average molecular weight is 486 g/mol. The van der Waals surface area contributed by atoms with Crippen LogP contribution in [0.1, 0.15) is 57.4 Å². The van der Waals surface area contributed by atoms with E-state index >= 15 is 0 Å². The molecule has 1 aliphatic carbocycles. The molecule has 0 bridgehead atoms. The molecule has 0 radical (unpaired) electrons. The first-order chi connectivity index (χ1) is 17.3. The van der Waals surface area contributed by atoms with Gasteiger partial charge in [0.1, 0.15) is 11.2 Å². The SMILES string of the molecule is Cc1ccc(CNC(=O)C2(C)Cn3cnc(C(=O)N(C)Cc4ccccc4)c3C(=O)N2C2CC2)cc1. The van der Waals surface area contributed by atoms with E-state index in [2.05, 4.69) is 10.3 Å². The second-order valence-electron chi connectivity index (χ2n) is 10.1. The fourth-order valence-electron chi connectivity index (χ4n) is 4.90. The zero-order valence-corrected chi connectivity index (χ0v) is 20.9. The molecule has 2 heterocycles. The molecule has 3 amide bonds. The summed E-state index contributed by atoms with van der Waals surface area (Å²) in [5, 5.41) is 3.03. The van der Waals surface area contributed by atoms with Gasteiger partial charge in [-0.2, -0.15) is 0 Å². The standard InChI is InChI=1S/C28H31N5O3/c1-19-9-11-20(12-10-19)15-29-27(36)28(2)17-32-18-30-23(24(32)26(35)33(28)22-13-14-22)25(34)31(3)16-21-7-5-4-6-8-21/h4-12,18,22H,13-17H2,1-3H3,(H,29,36). The van der Waals surface area contributed by atoms with Crippen molar-refractivity contribution in [2.75, 3.05) is 7.05 Å². The van der Waals surface area contributed by atoms with Gasteiger partial charge in [0, 0.05) is 26.2 Å². The zero-order valence-electron chi connectivity index (χ0n) is 20.9. The topological polar surface area (TPSA) is 87.5 Å². The Bertz CT molecular complexity index is 1300. The highest BCUT2D eigenvalue weighted by Crippen LogP contribution is 2.39. The Morgan fingerprint density at radius 2 is 1.78 bits per heavy atom. The van der Waals surface area contributed by atoms with Gasteiger partial charge in [0.2, 0.25) is 5.91 Å². The number of hydrogen-bond donors (Lipinski definition) is 1. The van der Waals surface area contributed by atoms with Gasteiger partial charge in [-0.1, -0.05) is 60.2 Å². The Balaban J connectivity index is 1.38. The maximum atomic E-state index is 13.8. The van der Waals surface area contributed by atoms with Crippen LogP contribution in [0.5, 0.6) is 0 Å². The minimum atomic E-state index is -1.08. The molecule has 3 aromatic rings. The summed E-state index contributed by atoms with van der Waals surface area (Å²) in [6, 6.07) is 17.7. The Morgan fingerprint density at radius 1 is 1.08 bits per heavy atom. The summed E-state index contributed by atoms with van der Waals surface area (Å²) in [4.78, 5) is 48.2. The lowest BCUT2D eigenvalue weighted by molar-refractivity contribution is -0.133. The van der Waals surface area contributed by atoms with Crippen molar-refractivity contribution in [2.24, 2.45) is 0 Å². The van der Waals surface area contributed by atoms with E-state index in [0.717, 1.165) is 29.5 Å². The minimum absolute atomic E-state index is 0.0127. The number of benzene rings is 2. The summed E-state index contributed by atoms with van der Waals surface area (Å²) in [7, 11) is 1.70. The number of hydrogen-bond acceptors (Lipinski definition) is 4. The van der Waals surface area contributed by atoms with Gasteiger partial charge in [0.05, 0.1) is 12.9 Å². The van der Waals surface area contributed by atoms with Gasteiger partial charge in [-0.05, 0) is 37.8 Å².